The molecule has 0 fully saturated rings. The number of carbonyl (C=O) groups excluding carboxylic acids is 1. The number of aromatic nitrogens is 5. The molecule has 0 unspecified atom stereocenters. The first-order valence-electron chi connectivity index (χ1n) is 5.59. The number of fused-ring (bicyclic) bond motifs is 1. The Kier molecular flexibility index (Phi) is 2.64. The number of hydrogen-bond acceptors (Lipinski definition) is 5. The quantitative estimate of drug-likeness (QED) is 0.683. The molecule has 3 rings (SSSR count). The molecule has 1 N–H and O–H groups in total. The second-order valence-electron chi connectivity index (χ2n) is 3.99. The fraction of sp³-hybridized carbons (Fsp3) is 0.0833. The van der Waals surface area contributed by atoms with Crippen molar-refractivity contribution in [3.8, 4) is 0 Å². The molecule has 2 heterocycles. The lowest BCUT2D eigenvalue weighted by Gasteiger charge is -2.01. The summed E-state index contributed by atoms with van der Waals surface area (Å²) in [4.78, 5) is 29.4. The minimum absolute atomic E-state index is 0.168. The van der Waals surface area contributed by atoms with Crippen LogP contribution >= 0.6 is 0 Å². The number of benzene rings is 1. The highest BCUT2D eigenvalue weighted by Crippen LogP contribution is 2.06. The van der Waals surface area contributed by atoms with Gasteiger partial charge >= 0.3 is 0 Å². The Morgan fingerprint density at radius 1 is 1.32 bits per heavy atom. The summed E-state index contributed by atoms with van der Waals surface area (Å²) in [6.07, 6.45) is 2.06. The normalized spacial score (nSPS) is 10.7. The summed E-state index contributed by atoms with van der Waals surface area (Å²) in [5, 5.41) is 7.37. The van der Waals surface area contributed by atoms with Gasteiger partial charge in [-0.3, -0.25) is 9.59 Å². The van der Waals surface area contributed by atoms with Crippen LogP contribution in [0.4, 0.5) is 0 Å². The zero-order valence-corrected chi connectivity index (χ0v) is 9.78. The van der Waals surface area contributed by atoms with Gasteiger partial charge in [-0.25, -0.2) is 9.67 Å². The molecule has 0 radical (unpaired) electrons. The van der Waals surface area contributed by atoms with E-state index in [4.69, 9.17) is 0 Å². The molecule has 3 aromatic rings. The zero-order chi connectivity index (χ0) is 13.2. The molecule has 0 aliphatic rings. The summed E-state index contributed by atoms with van der Waals surface area (Å²) in [5.74, 6) is 0. The molecule has 0 spiro atoms. The first kappa shape index (κ1) is 11.3. The topological polar surface area (TPSA) is 93.5 Å². The van der Waals surface area contributed by atoms with Crippen molar-refractivity contribution in [3.63, 3.8) is 0 Å². The van der Waals surface area contributed by atoms with Crippen molar-refractivity contribution < 1.29 is 4.79 Å². The molecule has 7 nitrogen and oxygen atoms in total. The molecule has 2 aromatic heterocycles. The third-order valence-corrected chi connectivity index (χ3v) is 2.66. The van der Waals surface area contributed by atoms with E-state index in [1.807, 2.05) is 18.2 Å². The second kappa shape index (κ2) is 4.45. The molecule has 19 heavy (non-hydrogen) atoms. The van der Waals surface area contributed by atoms with Crippen molar-refractivity contribution in [2.75, 3.05) is 0 Å². The van der Waals surface area contributed by atoms with Gasteiger partial charge in [-0.1, -0.05) is 17.3 Å². The van der Waals surface area contributed by atoms with Crippen LogP contribution in [-0.2, 0) is 6.54 Å². The lowest BCUT2D eigenvalue weighted by Crippen LogP contribution is -2.18. The summed E-state index contributed by atoms with van der Waals surface area (Å²) in [6.45, 7) is 0.168. The van der Waals surface area contributed by atoms with E-state index < -0.39 is 0 Å². The van der Waals surface area contributed by atoms with Gasteiger partial charge in [-0.05, 0) is 12.1 Å². The van der Waals surface area contributed by atoms with E-state index in [9.17, 15) is 9.59 Å². The lowest BCUT2D eigenvalue weighted by atomic mass is 10.3. The Labute approximate surface area is 106 Å². The number of para-hydroxylation sites is 2. The van der Waals surface area contributed by atoms with Crippen LogP contribution in [0.2, 0.25) is 0 Å². The molecule has 0 bridgehead atoms. The molecule has 94 valence electrons. The maximum atomic E-state index is 11.9. The summed E-state index contributed by atoms with van der Waals surface area (Å²) in [7, 11) is 0. The SMILES string of the molecule is O=Cc1cn(Cc2nc3ccccc3[nH]c2=O)nn1. The number of hydrogen-bond donors (Lipinski definition) is 1. The molecule has 7 heteroatoms. The Morgan fingerprint density at radius 3 is 2.95 bits per heavy atom. The lowest BCUT2D eigenvalue weighted by molar-refractivity contribution is 0.111. The standard InChI is InChI=1S/C12H9N5O2/c18-7-8-5-17(16-15-8)6-11-12(19)14-10-4-2-1-3-9(10)13-11/h1-5,7H,6H2,(H,14,19). The van der Waals surface area contributed by atoms with E-state index in [2.05, 4.69) is 20.3 Å². The Hall–Kier alpha value is -2.83. The van der Waals surface area contributed by atoms with Crippen LogP contribution in [0.25, 0.3) is 11.0 Å². The van der Waals surface area contributed by atoms with Crippen molar-refractivity contribution in [1.29, 1.82) is 0 Å². The van der Waals surface area contributed by atoms with Crippen molar-refractivity contribution in [3.05, 3.63) is 52.2 Å². The van der Waals surface area contributed by atoms with Crippen molar-refractivity contribution in [2.45, 2.75) is 6.54 Å². The van der Waals surface area contributed by atoms with Crippen LogP contribution in [0, 0.1) is 0 Å². The fourth-order valence-electron chi connectivity index (χ4n) is 1.77. The van der Waals surface area contributed by atoms with Crippen LogP contribution in [0.15, 0.2) is 35.3 Å². The number of H-pyrrole nitrogens is 1. The van der Waals surface area contributed by atoms with E-state index in [1.54, 1.807) is 6.07 Å². The smallest absolute Gasteiger partial charge is 0.272 e. The average molecular weight is 255 g/mol. The van der Waals surface area contributed by atoms with Crippen molar-refractivity contribution in [2.24, 2.45) is 0 Å². The summed E-state index contributed by atoms with van der Waals surface area (Å²) >= 11 is 0. The minimum Gasteiger partial charge on any atom is -0.319 e. The van der Waals surface area contributed by atoms with Gasteiger partial charge in [0.2, 0.25) is 0 Å². The van der Waals surface area contributed by atoms with Crippen molar-refractivity contribution >= 4 is 17.3 Å². The number of carbonyl (C=O) groups is 1. The number of rotatable bonds is 3. The van der Waals surface area contributed by atoms with E-state index in [-0.39, 0.29) is 17.8 Å². The van der Waals surface area contributed by atoms with Crippen LogP contribution in [0.1, 0.15) is 16.2 Å². The number of aromatic amines is 1. The average Bonchev–Trinajstić information content (AvgIpc) is 2.87. The molecule has 0 amide bonds. The first-order valence-corrected chi connectivity index (χ1v) is 5.59. The molecular weight excluding hydrogens is 246 g/mol. The molecule has 0 aliphatic carbocycles. The van der Waals surface area contributed by atoms with E-state index in [0.29, 0.717) is 23.0 Å². The molecule has 0 aliphatic heterocycles. The third-order valence-electron chi connectivity index (χ3n) is 2.66. The summed E-state index contributed by atoms with van der Waals surface area (Å²) < 4.78 is 1.40. The van der Waals surface area contributed by atoms with Gasteiger partial charge in [0.1, 0.15) is 11.4 Å². The largest absolute Gasteiger partial charge is 0.319 e. The highest BCUT2D eigenvalue weighted by Gasteiger charge is 2.07. The molecule has 0 atom stereocenters. The van der Waals surface area contributed by atoms with Gasteiger partial charge in [-0.2, -0.15) is 0 Å². The van der Waals surface area contributed by atoms with E-state index in [1.165, 1.54) is 10.9 Å². The highest BCUT2D eigenvalue weighted by atomic mass is 16.1. The van der Waals surface area contributed by atoms with Gasteiger partial charge in [0.05, 0.1) is 23.8 Å². The highest BCUT2D eigenvalue weighted by molar-refractivity contribution is 5.73. The summed E-state index contributed by atoms with van der Waals surface area (Å²) in [5.41, 5.74) is 1.65. The van der Waals surface area contributed by atoms with Gasteiger partial charge in [0, 0.05) is 0 Å². The van der Waals surface area contributed by atoms with Crippen molar-refractivity contribution in [1.82, 2.24) is 25.0 Å². The Morgan fingerprint density at radius 2 is 2.16 bits per heavy atom. The molecule has 0 saturated heterocycles. The Balaban J connectivity index is 2.02. The molecule has 1 aromatic carbocycles. The Bertz CT molecular complexity index is 805. The third kappa shape index (κ3) is 2.13. The number of nitrogens with one attached hydrogen (secondary N) is 1. The fourth-order valence-corrected chi connectivity index (χ4v) is 1.77. The summed E-state index contributed by atoms with van der Waals surface area (Å²) in [6, 6.07) is 7.27. The van der Waals surface area contributed by atoms with Crippen LogP contribution in [0.5, 0.6) is 0 Å². The molecule has 0 saturated carbocycles. The molecular formula is C12H9N5O2. The van der Waals surface area contributed by atoms with Gasteiger partial charge in [0.25, 0.3) is 5.56 Å². The first-order chi connectivity index (χ1) is 9.26. The minimum atomic E-state index is -0.276. The predicted octanol–water partition coefficient (Wildman–Crippen LogP) is 0.375. The van der Waals surface area contributed by atoms with Crippen LogP contribution < -0.4 is 5.56 Å². The van der Waals surface area contributed by atoms with Gasteiger partial charge in [-0.15, -0.1) is 5.10 Å². The van der Waals surface area contributed by atoms with E-state index in [0.717, 1.165) is 0 Å². The second-order valence-corrected chi connectivity index (χ2v) is 3.99. The number of nitrogens with zero attached hydrogens (tertiary/aromatic N) is 4. The zero-order valence-electron chi connectivity index (χ0n) is 9.78. The predicted molar refractivity (Wildman–Crippen MR) is 66.9 cm³/mol. The van der Waals surface area contributed by atoms with E-state index >= 15 is 0 Å². The number of aldehydes is 1. The van der Waals surface area contributed by atoms with Crippen LogP contribution in [0.3, 0.4) is 0 Å². The van der Waals surface area contributed by atoms with Gasteiger partial charge < -0.3 is 4.98 Å². The maximum Gasteiger partial charge on any atom is 0.272 e. The monoisotopic (exact) mass is 255 g/mol. The maximum absolute atomic E-state index is 11.9. The van der Waals surface area contributed by atoms with Gasteiger partial charge in [0.15, 0.2) is 6.29 Å². The van der Waals surface area contributed by atoms with Crippen LogP contribution in [-0.4, -0.2) is 31.2 Å².